The summed E-state index contributed by atoms with van der Waals surface area (Å²) in [6.07, 6.45) is 0. The molecule has 0 radical (unpaired) electrons. The fourth-order valence-electron chi connectivity index (χ4n) is 1.86. The van der Waals surface area contributed by atoms with E-state index < -0.39 is 12.0 Å². The normalized spacial score (nSPS) is 12.0. The zero-order valence-electron chi connectivity index (χ0n) is 12.6. The lowest BCUT2D eigenvalue weighted by Crippen LogP contribution is -2.45. The molecule has 3 N–H and O–H groups in total. The number of amides is 1. The summed E-state index contributed by atoms with van der Waals surface area (Å²) in [6, 6.07) is 6.66. The molecule has 0 heterocycles. The highest BCUT2D eigenvalue weighted by molar-refractivity contribution is 5.80. The van der Waals surface area contributed by atoms with Gasteiger partial charge in [-0.2, -0.15) is 0 Å². The molecular formula is C15H22N2O4. The summed E-state index contributed by atoms with van der Waals surface area (Å²) in [5.74, 6) is -0.561. The lowest BCUT2D eigenvalue weighted by atomic mass is 10.1. The van der Waals surface area contributed by atoms with Gasteiger partial charge in [-0.05, 0) is 23.6 Å². The Morgan fingerprint density at radius 1 is 1.33 bits per heavy atom. The molecule has 1 unspecified atom stereocenters. The molecule has 1 aromatic rings. The average molecular weight is 294 g/mol. The van der Waals surface area contributed by atoms with Gasteiger partial charge < -0.3 is 15.2 Å². The third-order valence-electron chi connectivity index (χ3n) is 3.04. The number of ether oxygens (including phenoxy) is 1. The Labute approximate surface area is 124 Å². The Morgan fingerprint density at radius 3 is 2.62 bits per heavy atom. The van der Waals surface area contributed by atoms with Gasteiger partial charge in [0.15, 0.2) is 0 Å². The first-order chi connectivity index (χ1) is 9.93. The molecule has 1 amide bonds. The van der Waals surface area contributed by atoms with Gasteiger partial charge in [0.05, 0.1) is 13.7 Å². The van der Waals surface area contributed by atoms with Crippen LogP contribution in [0, 0.1) is 5.92 Å². The molecule has 0 aliphatic heterocycles. The van der Waals surface area contributed by atoms with E-state index in [9.17, 15) is 9.59 Å². The second-order valence-electron chi connectivity index (χ2n) is 5.07. The van der Waals surface area contributed by atoms with E-state index in [1.165, 1.54) is 0 Å². The van der Waals surface area contributed by atoms with Crippen molar-refractivity contribution in [2.75, 3.05) is 13.7 Å². The number of hydrogen-bond donors (Lipinski definition) is 3. The van der Waals surface area contributed by atoms with Crippen LogP contribution in [-0.4, -0.2) is 36.7 Å². The molecule has 1 aromatic carbocycles. The van der Waals surface area contributed by atoms with E-state index in [0.717, 1.165) is 11.3 Å². The van der Waals surface area contributed by atoms with Crippen molar-refractivity contribution in [3.8, 4) is 5.75 Å². The standard InChI is InChI=1S/C15H22N2O4/c1-10(2)14(15(19)20)17-9-13(18)16-8-11-5-4-6-12(7-11)21-3/h4-7,10,14,17H,8-9H2,1-3H3,(H,16,18)(H,19,20). The third kappa shape index (κ3) is 5.83. The third-order valence-corrected chi connectivity index (χ3v) is 3.04. The number of hydrogen-bond acceptors (Lipinski definition) is 4. The highest BCUT2D eigenvalue weighted by Gasteiger charge is 2.21. The van der Waals surface area contributed by atoms with Crippen molar-refractivity contribution in [2.45, 2.75) is 26.4 Å². The van der Waals surface area contributed by atoms with Crippen molar-refractivity contribution in [3.63, 3.8) is 0 Å². The Kier molecular flexibility index (Phi) is 6.68. The fraction of sp³-hybridized carbons (Fsp3) is 0.467. The Balaban J connectivity index is 2.41. The summed E-state index contributed by atoms with van der Waals surface area (Å²) in [6.45, 7) is 3.93. The maximum Gasteiger partial charge on any atom is 0.320 e. The first kappa shape index (κ1) is 17.0. The first-order valence-electron chi connectivity index (χ1n) is 6.80. The number of carboxylic acid groups (broad SMARTS) is 1. The van der Waals surface area contributed by atoms with Crippen molar-refractivity contribution in [1.82, 2.24) is 10.6 Å². The minimum atomic E-state index is -0.953. The smallest absolute Gasteiger partial charge is 0.320 e. The van der Waals surface area contributed by atoms with Crippen LogP contribution in [0.4, 0.5) is 0 Å². The van der Waals surface area contributed by atoms with Crippen LogP contribution in [0.1, 0.15) is 19.4 Å². The van der Waals surface area contributed by atoms with Crippen molar-refractivity contribution in [3.05, 3.63) is 29.8 Å². The predicted octanol–water partition coefficient (Wildman–Crippen LogP) is 1.01. The number of methoxy groups -OCH3 is 1. The van der Waals surface area contributed by atoms with Crippen LogP contribution >= 0.6 is 0 Å². The molecule has 0 aliphatic carbocycles. The molecular weight excluding hydrogens is 272 g/mol. The molecule has 0 saturated heterocycles. The number of aliphatic carboxylic acids is 1. The summed E-state index contributed by atoms with van der Waals surface area (Å²) in [5, 5.41) is 14.5. The van der Waals surface area contributed by atoms with Crippen LogP contribution in [0.3, 0.4) is 0 Å². The van der Waals surface area contributed by atoms with Gasteiger partial charge in [0.2, 0.25) is 5.91 Å². The largest absolute Gasteiger partial charge is 0.497 e. The molecule has 0 aliphatic rings. The molecule has 0 bridgehead atoms. The van der Waals surface area contributed by atoms with E-state index in [0.29, 0.717) is 6.54 Å². The molecule has 0 spiro atoms. The maximum atomic E-state index is 11.7. The van der Waals surface area contributed by atoms with Gasteiger partial charge in [-0.15, -0.1) is 0 Å². The molecule has 0 fully saturated rings. The highest BCUT2D eigenvalue weighted by Crippen LogP contribution is 2.12. The number of nitrogens with one attached hydrogen (secondary N) is 2. The zero-order valence-corrected chi connectivity index (χ0v) is 12.6. The van der Waals surface area contributed by atoms with Gasteiger partial charge in [0.25, 0.3) is 0 Å². The first-order valence-corrected chi connectivity index (χ1v) is 6.80. The predicted molar refractivity (Wildman–Crippen MR) is 79.1 cm³/mol. The van der Waals surface area contributed by atoms with E-state index in [2.05, 4.69) is 10.6 Å². The number of benzene rings is 1. The summed E-state index contributed by atoms with van der Waals surface area (Å²) in [4.78, 5) is 22.7. The van der Waals surface area contributed by atoms with Gasteiger partial charge in [0, 0.05) is 6.54 Å². The van der Waals surface area contributed by atoms with Crippen LogP contribution in [0.2, 0.25) is 0 Å². The topological polar surface area (TPSA) is 87.7 Å². The van der Waals surface area contributed by atoms with Crippen molar-refractivity contribution in [2.24, 2.45) is 5.92 Å². The van der Waals surface area contributed by atoms with Crippen LogP contribution in [0.15, 0.2) is 24.3 Å². The van der Waals surface area contributed by atoms with Crippen molar-refractivity contribution < 1.29 is 19.4 Å². The molecule has 1 atom stereocenters. The number of carbonyl (C=O) groups is 2. The molecule has 0 saturated carbocycles. The quantitative estimate of drug-likeness (QED) is 0.666. The van der Waals surface area contributed by atoms with Gasteiger partial charge in [-0.25, -0.2) is 0 Å². The minimum absolute atomic E-state index is 0.0287. The lowest BCUT2D eigenvalue weighted by molar-refractivity contribution is -0.140. The van der Waals surface area contributed by atoms with Gasteiger partial charge in [-0.3, -0.25) is 14.9 Å². The van der Waals surface area contributed by atoms with E-state index in [1.807, 2.05) is 24.3 Å². The summed E-state index contributed by atoms with van der Waals surface area (Å²) < 4.78 is 5.10. The van der Waals surface area contributed by atoms with Gasteiger partial charge >= 0.3 is 5.97 Å². The second-order valence-corrected chi connectivity index (χ2v) is 5.07. The van der Waals surface area contributed by atoms with Crippen molar-refractivity contribution in [1.29, 1.82) is 0 Å². The Hall–Kier alpha value is -2.08. The number of carboxylic acids is 1. The average Bonchev–Trinajstić information content (AvgIpc) is 2.44. The Morgan fingerprint density at radius 2 is 2.05 bits per heavy atom. The molecule has 0 aromatic heterocycles. The lowest BCUT2D eigenvalue weighted by Gasteiger charge is -2.17. The zero-order chi connectivity index (χ0) is 15.8. The number of carbonyl (C=O) groups excluding carboxylic acids is 1. The minimum Gasteiger partial charge on any atom is -0.497 e. The molecule has 6 heteroatoms. The highest BCUT2D eigenvalue weighted by atomic mass is 16.5. The Bertz CT molecular complexity index is 488. The fourth-order valence-corrected chi connectivity index (χ4v) is 1.86. The summed E-state index contributed by atoms with van der Waals surface area (Å²) >= 11 is 0. The van der Waals surface area contributed by atoms with E-state index in [1.54, 1.807) is 21.0 Å². The summed E-state index contributed by atoms with van der Waals surface area (Å²) in [7, 11) is 1.58. The van der Waals surface area contributed by atoms with Crippen LogP contribution in [0.25, 0.3) is 0 Å². The van der Waals surface area contributed by atoms with E-state index in [4.69, 9.17) is 9.84 Å². The monoisotopic (exact) mass is 294 g/mol. The molecule has 1 rings (SSSR count). The van der Waals surface area contributed by atoms with Gasteiger partial charge in [-0.1, -0.05) is 26.0 Å². The van der Waals surface area contributed by atoms with Crippen LogP contribution in [0.5, 0.6) is 5.75 Å². The molecule has 116 valence electrons. The van der Waals surface area contributed by atoms with Crippen LogP contribution < -0.4 is 15.4 Å². The van der Waals surface area contributed by atoms with E-state index in [-0.39, 0.29) is 18.4 Å². The van der Waals surface area contributed by atoms with Gasteiger partial charge in [0.1, 0.15) is 11.8 Å². The maximum absolute atomic E-state index is 11.7. The molecule has 6 nitrogen and oxygen atoms in total. The second kappa shape index (κ2) is 8.26. The number of rotatable bonds is 8. The SMILES string of the molecule is COc1cccc(CNC(=O)CNC(C(=O)O)C(C)C)c1. The van der Waals surface area contributed by atoms with Crippen LogP contribution in [-0.2, 0) is 16.1 Å². The molecule has 21 heavy (non-hydrogen) atoms. The van der Waals surface area contributed by atoms with E-state index >= 15 is 0 Å². The van der Waals surface area contributed by atoms with Crippen molar-refractivity contribution >= 4 is 11.9 Å². The summed E-state index contributed by atoms with van der Waals surface area (Å²) in [5.41, 5.74) is 0.918.